The molecule has 0 aliphatic heterocycles. The molecule has 184 valence electrons. The highest BCUT2D eigenvalue weighted by atomic mass is 32.2. The second kappa shape index (κ2) is 14.7. The van der Waals surface area contributed by atoms with E-state index in [0.29, 0.717) is 17.7 Å². The highest BCUT2D eigenvalue weighted by molar-refractivity contribution is 8.14. The van der Waals surface area contributed by atoms with Crippen LogP contribution in [-0.2, 0) is 15.3 Å². The Balaban J connectivity index is 1.66. The summed E-state index contributed by atoms with van der Waals surface area (Å²) in [6, 6.07) is 16.5. The third-order valence-electron chi connectivity index (χ3n) is 5.29. The number of anilines is 1. The molecule has 0 aromatic heterocycles. The molecule has 2 atom stereocenters. The summed E-state index contributed by atoms with van der Waals surface area (Å²) in [4.78, 5) is 38.3. The monoisotopic (exact) mass is 502 g/mol. The molecule has 0 spiro atoms. The molecule has 2 aromatic carbocycles. The van der Waals surface area contributed by atoms with Crippen LogP contribution in [-0.4, -0.2) is 53.7 Å². The number of aliphatic carboxylic acids is 1. The van der Waals surface area contributed by atoms with Gasteiger partial charge in [0, 0.05) is 42.8 Å². The number of carbonyl (C=O) groups is 3. The number of nitrogens with one attached hydrogen (secondary N) is 1. The summed E-state index contributed by atoms with van der Waals surface area (Å²) in [6.07, 6.45) is 2.00. The van der Waals surface area contributed by atoms with E-state index >= 15 is 0 Å². The number of thioether (sulfide) groups is 2. The van der Waals surface area contributed by atoms with E-state index in [4.69, 9.17) is 0 Å². The molecule has 1 amide bonds. The number of hydrogen-bond acceptors (Lipinski definition) is 6. The predicted molar refractivity (Wildman–Crippen MR) is 143 cm³/mol. The van der Waals surface area contributed by atoms with Crippen molar-refractivity contribution in [2.75, 3.05) is 30.5 Å². The quantitative estimate of drug-likeness (QED) is 0.354. The molecule has 0 fully saturated rings. The summed E-state index contributed by atoms with van der Waals surface area (Å²) in [6.45, 7) is 1.71. The minimum atomic E-state index is -1.03. The number of unbranched alkanes of at least 4 members (excludes halogenated alkanes) is 1. The third kappa shape index (κ3) is 9.81. The minimum Gasteiger partial charge on any atom is -0.480 e. The van der Waals surface area contributed by atoms with Gasteiger partial charge in [-0.1, -0.05) is 61.2 Å². The van der Waals surface area contributed by atoms with E-state index < -0.39 is 17.9 Å². The van der Waals surface area contributed by atoms with Gasteiger partial charge in [0.05, 0.1) is 0 Å². The van der Waals surface area contributed by atoms with Gasteiger partial charge >= 0.3 is 5.97 Å². The molecule has 6 nitrogen and oxygen atoms in total. The van der Waals surface area contributed by atoms with Crippen LogP contribution in [0.1, 0.15) is 42.1 Å². The lowest BCUT2D eigenvalue weighted by Crippen LogP contribution is -2.43. The number of carboxylic acids is 1. The van der Waals surface area contributed by atoms with Crippen LogP contribution in [0.2, 0.25) is 0 Å². The fourth-order valence-corrected chi connectivity index (χ4v) is 4.97. The van der Waals surface area contributed by atoms with E-state index in [2.05, 4.69) is 34.5 Å². The fraction of sp³-hybridized carbons (Fsp3) is 0.423. The number of carbonyl (C=O) groups excluding carboxylic acids is 2. The van der Waals surface area contributed by atoms with Crippen molar-refractivity contribution in [2.24, 2.45) is 5.92 Å². The molecule has 0 bridgehead atoms. The normalized spacial score (nSPS) is 12.6. The molecule has 0 radical (unpaired) electrons. The summed E-state index contributed by atoms with van der Waals surface area (Å²) >= 11 is 2.90. The van der Waals surface area contributed by atoms with Gasteiger partial charge in [0.2, 0.25) is 11.0 Å². The molecule has 0 aliphatic rings. The zero-order valence-electron chi connectivity index (χ0n) is 20.0. The van der Waals surface area contributed by atoms with Crippen LogP contribution < -0.4 is 10.2 Å². The Morgan fingerprint density at radius 1 is 1.00 bits per heavy atom. The standard InChI is InChI=1S/C26H34N2O4S2/c1-19(17-34-26(32)21-9-5-4-6-10-21)24(29)27-23(25(30)31)11-7-8-16-33-18-20-12-14-22(15-13-20)28(2)3/h4-6,9-10,12-15,19,23H,7-8,11,16-18H2,1-3H3,(H,27,29)(H,30,31)/t19-,23+/m1/s1. The lowest BCUT2D eigenvalue weighted by Gasteiger charge is -2.17. The highest BCUT2D eigenvalue weighted by Gasteiger charge is 2.23. The highest BCUT2D eigenvalue weighted by Crippen LogP contribution is 2.19. The van der Waals surface area contributed by atoms with Crippen molar-refractivity contribution < 1.29 is 19.5 Å². The van der Waals surface area contributed by atoms with Gasteiger partial charge in [0.15, 0.2) is 0 Å². The van der Waals surface area contributed by atoms with Gasteiger partial charge in [-0.05, 0) is 42.7 Å². The Bertz CT molecular complexity index is 920. The van der Waals surface area contributed by atoms with Crippen LogP contribution in [0.4, 0.5) is 5.69 Å². The van der Waals surface area contributed by atoms with Crippen LogP contribution in [0.25, 0.3) is 0 Å². The largest absolute Gasteiger partial charge is 0.480 e. The number of nitrogens with zero attached hydrogens (tertiary/aromatic N) is 1. The van der Waals surface area contributed by atoms with E-state index in [9.17, 15) is 19.5 Å². The summed E-state index contributed by atoms with van der Waals surface area (Å²) in [7, 11) is 4.03. The molecular formula is C26H34N2O4S2. The molecule has 34 heavy (non-hydrogen) atoms. The van der Waals surface area contributed by atoms with Crippen LogP contribution >= 0.6 is 23.5 Å². The maximum absolute atomic E-state index is 12.5. The van der Waals surface area contributed by atoms with Crippen molar-refractivity contribution >= 4 is 46.2 Å². The number of hydrogen-bond donors (Lipinski definition) is 2. The Morgan fingerprint density at radius 2 is 1.68 bits per heavy atom. The number of benzene rings is 2. The third-order valence-corrected chi connectivity index (χ3v) is 7.57. The van der Waals surface area contributed by atoms with Crippen LogP contribution in [0.15, 0.2) is 54.6 Å². The molecule has 0 aliphatic carbocycles. The summed E-state index contributed by atoms with van der Waals surface area (Å²) < 4.78 is 0. The molecule has 0 heterocycles. The second-order valence-corrected chi connectivity index (χ2v) is 10.5. The average Bonchev–Trinajstić information content (AvgIpc) is 2.84. The van der Waals surface area contributed by atoms with Crippen molar-refractivity contribution in [2.45, 2.75) is 38.0 Å². The van der Waals surface area contributed by atoms with Crippen LogP contribution in [0, 0.1) is 5.92 Å². The lowest BCUT2D eigenvalue weighted by atomic mass is 10.1. The van der Waals surface area contributed by atoms with Crippen molar-refractivity contribution in [1.29, 1.82) is 0 Å². The molecule has 0 unspecified atom stereocenters. The number of carboxylic acid groups (broad SMARTS) is 1. The number of amides is 1. The van der Waals surface area contributed by atoms with Gasteiger partial charge in [-0.25, -0.2) is 4.79 Å². The molecular weight excluding hydrogens is 468 g/mol. The van der Waals surface area contributed by atoms with Gasteiger partial charge in [0.1, 0.15) is 6.04 Å². The molecule has 0 saturated heterocycles. The minimum absolute atomic E-state index is 0.0961. The van der Waals surface area contributed by atoms with Gasteiger partial charge < -0.3 is 15.3 Å². The van der Waals surface area contributed by atoms with Gasteiger partial charge in [0.25, 0.3) is 0 Å². The van der Waals surface area contributed by atoms with Crippen molar-refractivity contribution in [1.82, 2.24) is 5.32 Å². The van der Waals surface area contributed by atoms with Crippen molar-refractivity contribution in [3.63, 3.8) is 0 Å². The zero-order valence-corrected chi connectivity index (χ0v) is 21.7. The SMILES string of the molecule is C[C@H](CSC(=O)c1ccccc1)C(=O)N[C@@H](CCCCSCc1ccc(N(C)C)cc1)C(=O)O. The van der Waals surface area contributed by atoms with Crippen molar-refractivity contribution in [3.8, 4) is 0 Å². The predicted octanol–water partition coefficient (Wildman–Crippen LogP) is 4.94. The maximum atomic E-state index is 12.5. The fourth-order valence-electron chi connectivity index (χ4n) is 3.14. The Labute approximate surface area is 210 Å². The second-order valence-electron chi connectivity index (χ2n) is 8.37. The summed E-state index contributed by atoms with van der Waals surface area (Å²) in [5, 5.41) is 12.0. The van der Waals surface area contributed by atoms with E-state index in [0.717, 1.165) is 36.1 Å². The Morgan fingerprint density at radius 3 is 2.29 bits per heavy atom. The molecule has 2 rings (SSSR count). The summed E-state index contributed by atoms with van der Waals surface area (Å²) in [5.74, 6) is 0.332. The molecule has 2 aromatic rings. The van der Waals surface area contributed by atoms with Crippen LogP contribution in [0.5, 0.6) is 0 Å². The molecule has 8 heteroatoms. The van der Waals surface area contributed by atoms with Gasteiger partial charge in [-0.15, -0.1) is 0 Å². The van der Waals surface area contributed by atoms with Gasteiger partial charge in [-0.2, -0.15) is 11.8 Å². The number of rotatable bonds is 14. The molecule has 0 saturated carbocycles. The van der Waals surface area contributed by atoms with E-state index in [1.807, 2.05) is 31.9 Å². The van der Waals surface area contributed by atoms with Crippen LogP contribution in [0.3, 0.4) is 0 Å². The van der Waals surface area contributed by atoms with E-state index in [-0.39, 0.29) is 11.0 Å². The van der Waals surface area contributed by atoms with Crippen molar-refractivity contribution in [3.05, 3.63) is 65.7 Å². The lowest BCUT2D eigenvalue weighted by molar-refractivity contribution is -0.142. The summed E-state index contributed by atoms with van der Waals surface area (Å²) in [5.41, 5.74) is 3.03. The first-order chi connectivity index (χ1) is 16.3. The van der Waals surface area contributed by atoms with E-state index in [1.54, 1.807) is 31.2 Å². The Kier molecular flexibility index (Phi) is 12.0. The Hall–Kier alpha value is -2.45. The van der Waals surface area contributed by atoms with E-state index in [1.165, 1.54) is 11.3 Å². The maximum Gasteiger partial charge on any atom is 0.326 e. The topological polar surface area (TPSA) is 86.7 Å². The first-order valence-corrected chi connectivity index (χ1v) is 13.5. The first-order valence-electron chi connectivity index (χ1n) is 11.4. The first kappa shape index (κ1) is 27.8. The molecule has 2 N–H and O–H groups in total. The average molecular weight is 503 g/mol. The zero-order chi connectivity index (χ0) is 24.9. The van der Waals surface area contributed by atoms with Gasteiger partial charge in [-0.3, -0.25) is 9.59 Å². The smallest absolute Gasteiger partial charge is 0.326 e.